The maximum Gasteiger partial charge on any atom is 0.124 e. The van der Waals surface area contributed by atoms with Gasteiger partial charge in [-0.05, 0) is 59.2 Å². The number of nitrogens with one attached hydrogen (secondary N) is 1. The monoisotopic (exact) mass is 395 g/mol. The van der Waals surface area contributed by atoms with Crippen LogP contribution in [0.3, 0.4) is 0 Å². The zero-order chi connectivity index (χ0) is 14.7. The highest BCUT2D eigenvalue weighted by Gasteiger charge is 2.26. The first kappa shape index (κ1) is 14.8. The Morgan fingerprint density at radius 3 is 2.52 bits per heavy atom. The Morgan fingerprint density at radius 1 is 1.00 bits per heavy atom. The summed E-state index contributed by atoms with van der Waals surface area (Å²) in [5, 5.41) is 3.65. The molecule has 0 aliphatic heterocycles. The smallest absolute Gasteiger partial charge is 0.124 e. The normalized spacial score (nSPS) is 22.0. The van der Waals surface area contributed by atoms with E-state index in [1.165, 1.54) is 37.3 Å². The van der Waals surface area contributed by atoms with Gasteiger partial charge < -0.3 is 5.32 Å². The number of halogens is 2. The van der Waals surface area contributed by atoms with E-state index in [-0.39, 0.29) is 5.82 Å². The van der Waals surface area contributed by atoms with Gasteiger partial charge in [-0.2, -0.15) is 0 Å². The molecule has 0 saturated heterocycles. The van der Waals surface area contributed by atoms with Crippen LogP contribution < -0.4 is 5.32 Å². The van der Waals surface area contributed by atoms with Gasteiger partial charge in [0.1, 0.15) is 5.82 Å². The van der Waals surface area contributed by atoms with Crippen molar-refractivity contribution < 1.29 is 4.39 Å². The number of anilines is 1. The summed E-state index contributed by atoms with van der Waals surface area (Å²) in [6.07, 6.45) is 4.95. The Kier molecular flexibility index (Phi) is 4.78. The molecule has 1 aliphatic carbocycles. The highest BCUT2D eigenvalue weighted by atomic mass is 127. The van der Waals surface area contributed by atoms with Crippen molar-refractivity contribution in [1.29, 1.82) is 0 Å². The van der Waals surface area contributed by atoms with Crippen molar-refractivity contribution in [3.8, 4) is 0 Å². The van der Waals surface area contributed by atoms with Crippen molar-refractivity contribution in [2.24, 2.45) is 0 Å². The molecule has 2 aromatic carbocycles. The lowest BCUT2D eigenvalue weighted by atomic mass is 9.80. The number of rotatable bonds is 3. The van der Waals surface area contributed by atoms with Crippen LogP contribution >= 0.6 is 22.6 Å². The van der Waals surface area contributed by atoms with Crippen LogP contribution in [0.2, 0.25) is 0 Å². The van der Waals surface area contributed by atoms with Crippen LogP contribution in [0.15, 0.2) is 48.5 Å². The maximum absolute atomic E-state index is 13.2. The highest BCUT2D eigenvalue weighted by molar-refractivity contribution is 14.1. The average Bonchev–Trinajstić information content (AvgIpc) is 2.51. The Balaban J connectivity index is 1.81. The molecular formula is C18H19FIN. The third-order valence-corrected chi connectivity index (χ3v) is 5.16. The SMILES string of the molecule is Fc1ccc(NC2CCCCC2c2ccccc2)c(I)c1. The molecule has 3 heteroatoms. The van der Waals surface area contributed by atoms with E-state index in [1.807, 2.05) is 6.07 Å². The fourth-order valence-electron chi connectivity index (χ4n) is 3.21. The molecule has 3 rings (SSSR count). The van der Waals surface area contributed by atoms with Crippen LogP contribution in [0.4, 0.5) is 10.1 Å². The van der Waals surface area contributed by atoms with E-state index < -0.39 is 0 Å². The van der Waals surface area contributed by atoms with E-state index in [4.69, 9.17) is 0 Å². The molecule has 2 atom stereocenters. The summed E-state index contributed by atoms with van der Waals surface area (Å²) in [4.78, 5) is 0. The summed E-state index contributed by atoms with van der Waals surface area (Å²) in [6, 6.07) is 16.1. The summed E-state index contributed by atoms with van der Waals surface area (Å²) < 4.78 is 14.2. The molecule has 21 heavy (non-hydrogen) atoms. The summed E-state index contributed by atoms with van der Waals surface area (Å²) in [5.74, 6) is 0.369. The Labute approximate surface area is 139 Å². The van der Waals surface area contributed by atoms with Crippen LogP contribution in [0, 0.1) is 9.39 Å². The van der Waals surface area contributed by atoms with Gasteiger partial charge in [-0.3, -0.25) is 0 Å². The van der Waals surface area contributed by atoms with Gasteiger partial charge in [0.05, 0.1) is 0 Å². The Morgan fingerprint density at radius 2 is 1.76 bits per heavy atom. The van der Waals surface area contributed by atoms with Gasteiger partial charge in [0.2, 0.25) is 0 Å². The minimum absolute atomic E-state index is 0.173. The largest absolute Gasteiger partial charge is 0.381 e. The molecule has 2 unspecified atom stereocenters. The first-order valence-corrected chi connectivity index (χ1v) is 8.58. The average molecular weight is 395 g/mol. The molecule has 0 aromatic heterocycles. The topological polar surface area (TPSA) is 12.0 Å². The van der Waals surface area contributed by atoms with Crippen molar-refractivity contribution in [2.45, 2.75) is 37.6 Å². The van der Waals surface area contributed by atoms with Crippen LogP contribution in [-0.4, -0.2) is 6.04 Å². The molecule has 2 aromatic rings. The zero-order valence-corrected chi connectivity index (χ0v) is 14.0. The highest BCUT2D eigenvalue weighted by Crippen LogP contribution is 2.35. The summed E-state index contributed by atoms with van der Waals surface area (Å²) in [5.41, 5.74) is 2.46. The van der Waals surface area contributed by atoms with E-state index in [9.17, 15) is 4.39 Å². The predicted molar refractivity (Wildman–Crippen MR) is 94.2 cm³/mol. The summed E-state index contributed by atoms with van der Waals surface area (Å²) in [7, 11) is 0. The molecule has 0 spiro atoms. The summed E-state index contributed by atoms with van der Waals surface area (Å²) in [6.45, 7) is 0. The van der Waals surface area contributed by atoms with Gasteiger partial charge >= 0.3 is 0 Å². The van der Waals surface area contributed by atoms with Gasteiger partial charge in [0.25, 0.3) is 0 Å². The number of benzene rings is 2. The molecule has 1 nitrogen and oxygen atoms in total. The molecular weight excluding hydrogens is 376 g/mol. The quantitative estimate of drug-likeness (QED) is 0.671. The van der Waals surface area contributed by atoms with Crippen LogP contribution in [-0.2, 0) is 0 Å². The van der Waals surface area contributed by atoms with Crippen LogP contribution in [0.5, 0.6) is 0 Å². The molecule has 0 amide bonds. The lowest BCUT2D eigenvalue weighted by molar-refractivity contribution is 0.405. The molecule has 110 valence electrons. The molecule has 1 N–H and O–H groups in total. The van der Waals surface area contributed by atoms with Crippen molar-refractivity contribution in [3.63, 3.8) is 0 Å². The number of hydrogen-bond acceptors (Lipinski definition) is 1. The third kappa shape index (κ3) is 3.57. The molecule has 1 fully saturated rings. The van der Waals surface area contributed by atoms with Gasteiger partial charge in [0, 0.05) is 21.2 Å². The molecule has 1 aliphatic rings. The van der Waals surface area contributed by atoms with Crippen molar-refractivity contribution in [2.75, 3.05) is 5.32 Å². The maximum atomic E-state index is 13.2. The van der Waals surface area contributed by atoms with E-state index in [0.29, 0.717) is 12.0 Å². The second kappa shape index (κ2) is 6.77. The summed E-state index contributed by atoms with van der Waals surface area (Å²) >= 11 is 2.20. The van der Waals surface area contributed by atoms with Gasteiger partial charge in [-0.25, -0.2) is 4.39 Å². The Hall–Kier alpha value is -1.10. The molecule has 0 radical (unpaired) electrons. The fraction of sp³-hybridized carbons (Fsp3) is 0.333. The van der Waals surface area contributed by atoms with E-state index in [2.05, 4.69) is 58.2 Å². The van der Waals surface area contributed by atoms with E-state index in [1.54, 1.807) is 6.07 Å². The number of hydrogen-bond donors (Lipinski definition) is 1. The first-order chi connectivity index (χ1) is 10.2. The third-order valence-electron chi connectivity index (χ3n) is 4.27. The Bertz CT molecular complexity index is 599. The standard InChI is InChI=1S/C18H19FIN/c19-14-10-11-18(16(20)12-14)21-17-9-5-4-8-15(17)13-6-2-1-3-7-13/h1-3,6-7,10-12,15,17,21H,4-5,8-9H2. The molecule has 1 saturated carbocycles. The van der Waals surface area contributed by atoms with Gasteiger partial charge in [-0.15, -0.1) is 0 Å². The van der Waals surface area contributed by atoms with Gasteiger partial charge in [-0.1, -0.05) is 43.2 Å². The van der Waals surface area contributed by atoms with Crippen LogP contribution in [0.1, 0.15) is 37.2 Å². The van der Waals surface area contributed by atoms with Crippen molar-refractivity contribution >= 4 is 28.3 Å². The zero-order valence-electron chi connectivity index (χ0n) is 11.9. The first-order valence-electron chi connectivity index (χ1n) is 7.50. The van der Waals surface area contributed by atoms with Crippen molar-refractivity contribution in [1.82, 2.24) is 0 Å². The van der Waals surface area contributed by atoms with E-state index in [0.717, 1.165) is 9.26 Å². The lowest BCUT2D eigenvalue weighted by Gasteiger charge is -2.33. The predicted octanol–water partition coefficient (Wildman–Crippen LogP) is 5.57. The lowest BCUT2D eigenvalue weighted by Crippen LogP contribution is -2.31. The fourth-order valence-corrected chi connectivity index (χ4v) is 3.84. The van der Waals surface area contributed by atoms with Crippen LogP contribution in [0.25, 0.3) is 0 Å². The minimum atomic E-state index is -0.173. The molecule has 0 heterocycles. The van der Waals surface area contributed by atoms with Crippen molar-refractivity contribution in [3.05, 3.63) is 63.5 Å². The second-order valence-corrected chi connectivity index (χ2v) is 6.84. The molecule has 0 bridgehead atoms. The van der Waals surface area contributed by atoms with Gasteiger partial charge in [0.15, 0.2) is 0 Å². The van der Waals surface area contributed by atoms with E-state index >= 15 is 0 Å². The minimum Gasteiger partial charge on any atom is -0.381 e. The second-order valence-electron chi connectivity index (χ2n) is 5.68.